The zero-order valence-corrected chi connectivity index (χ0v) is 20.6. The maximum absolute atomic E-state index is 14.4. The van der Waals surface area contributed by atoms with Crippen molar-refractivity contribution in [3.8, 4) is 11.1 Å². The summed E-state index contributed by atoms with van der Waals surface area (Å²) in [4.78, 5) is 37.6. The Labute approximate surface area is 209 Å². The van der Waals surface area contributed by atoms with Crippen LogP contribution in [0.25, 0.3) is 11.1 Å². The fourth-order valence-electron chi connectivity index (χ4n) is 3.56. The molecule has 3 N–H and O–H groups in total. The Morgan fingerprint density at radius 3 is 2.25 bits per heavy atom. The minimum atomic E-state index is -1.11. The third-order valence-corrected chi connectivity index (χ3v) is 5.33. The molecule has 0 spiro atoms. The largest absolute Gasteiger partial charge is 0.458 e. The molecule has 3 aromatic carbocycles. The van der Waals surface area contributed by atoms with E-state index in [0.717, 1.165) is 22.8 Å². The number of halogens is 1. The third kappa shape index (κ3) is 6.99. The monoisotopic (exact) mass is 492 g/mol. The SMILES string of the molecule is Cc1ccc(-c2cccc(C(=O)NC(Cc3ccc(C(=O)NO)c(F)c3)C(=O)OC(C)(C)C)c2)cc1. The lowest BCUT2D eigenvalue weighted by molar-refractivity contribution is -0.157. The van der Waals surface area contributed by atoms with E-state index in [0.29, 0.717) is 11.1 Å². The molecule has 0 heterocycles. The Hall–Kier alpha value is -4.04. The van der Waals surface area contributed by atoms with Gasteiger partial charge >= 0.3 is 5.97 Å². The molecule has 0 bridgehead atoms. The molecule has 7 nitrogen and oxygen atoms in total. The number of rotatable bonds is 7. The normalized spacial score (nSPS) is 11.9. The van der Waals surface area contributed by atoms with Crippen molar-refractivity contribution >= 4 is 17.8 Å². The Morgan fingerprint density at radius 1 is 0.944 bits per heavy atom. The first-order valence-corrected chi connectivity index (χ1v) is 11.4. The molecule has 0 aliphatic rings. The predicted octanol–water partition coefficient (Wildman–Crippen LogP) is 4.60. The standard InChI is InChI=1S/C28H29FN2O5/c1-17-8-11-19(12-9-17)20-6-5-7-21(16-20)25(32)30-24(27(34)36-28(2,3)4)15-18-10-13-22(23(29)14-18)26(33)31-35/h5-14,16,24,35H,15H2,1-4H3,(H,30,32)(H,31,33). The predicted molar refractivity (Wildman–Crippen MR) is 133 cm³/mol. The van der Waals surface area contributed by atoms with Gasteiger partial charge in [-0.25, -0.2) is 14.7 Å². The van der Waals surface area contributed by atoms with Gasteiger partial charge in [-0.15, -0.1) is 0 Å². The molecule has 1 atom stereocenters. The van der Waals surface area contributed by atoms with E-state index < -0.39 is 35.2 Å². The van der Waals surface area contributed by atoms with Crippen LogP contribution in [0.3, 0.4) is 0 Å². The van der Waals surface area contributed by atoms with Crippen LogP contribution in [0, 0.1) is 12.7 Å². The zero-order valence-electron chi connectivity index (χ0n) is 20.6. The van der Waals surface area contributed by atoms with Crippen LogP contribution in [-0.4, -0.2) is 34.6 Å². The second kappa shape index (κ2) is 11.1. The molecular weight excluding hydrogens is 463 g/mol. The summed E-state index contributed by atoms with van der Waals surface area (Å²) in [5.41, 5.74) is 3.83. The topological polar surface area (TPSA) is 105 Å². The van der Waals surface area contributed by atoms with Crippen molar-refractivity contribution in [2.45, 2.75) is 45.8 Å². The van der Waals surface area contributed by atoms with Gasteiger partial charge in [0.2, 0.25) is 0 Å². The first-order valence-electron chi connectivity index (χ1n) is 11.4. The molecule has 0 saturated carbocycles. The van der Waals surface area contributed by atoms with Crippen LogP contribution in [0.4, 0.5) is 4.39 Å². The fraction of sp³-hybridized carbons (Fsp3) is 0.250. The molecular formula is C28H29FN2O5. The van der Waals surface area contributed by atoms with Crippen molar-refractivity contribution in [2.24, 2.45) is 0 Å². The van der Waals surface area contributed by atoms with Crippen LogP contribution in [-0.2, 0) is 16.0 Å². The number of benzene rings is 3. The van der Waals surface area contributed by atoms with Crippen LogP contribution in [0.2, 0.25) is 0 Å². The smallest absolute Gasteiger partial charge is 0.329 e. The van der Waals surface area contributed by atoms with Crippen LogP contribution < -0.4 is 10.8 Å². The lowest BCUT2D eigenvalue weighted by Gasteiger charge is -2.25. The number of nitrogens with one attached hydrogen (secondary N) is 2. The van der Waals surface area contributed by atoms with Crippen molar-refractivity contribution < 1.29 is 28.7 Å². The van der Waals surface area contributed by atoms with Crippen molar-refractivity contribution in [2.75, 3.05) is 0 Å². The van der Waals surface area contributed by atoms with E-state index in [9.17, 15) is 18.8 Å². The second-order valence-electron chi connectivity index (χ2n) is 9.47. The van der Waals surface area contributed by atoms with Gasteiger partial charge < -0.3 is 10.1 Å². The van der Waals surface area contributed by atoms with E-state index in [2.05, 4.69) is 5.32 Å². The molecule has 0 aliphatic heterocycles. The van der Waals surface area contributed by atoms with Gasteiger partial charge in [-0.1, -0.05) is 48.0 Å². The number of ether oxygens (including phenoxy) is 1. The first kappa shape index (κ1) is 26.6. The maximum atomic E-state index is 14.4. The van der Waals surface area contributed by atoms with Crippen LogP contribution >= 0.6 is 0 Å². The van der Waals surface area contributed by atoms with E-state index in [1.54, 1.807) is 39.0 Å². The van der Waals surface area contributed by atoms with Gasteiger partial charge in [0.05, 0.1) is 5.56 Å². The molecule has 188 valence electrons. The Bertz CT molecular complexity index is 1270. The number of aryl methyl sites for hydroxylation is 1. The quantitative estimate of drug-likeness (QED) is 0.254. The number of carbonyl (C=O) groups excluding carboxylic acids is 3. The molecule has 0 radical (unpaired) electrons. The number of hydrogen-bond donors (Lipinski definition) is 3. The molecule has 0 fully saturated rings. The van der Waals surface area contributed by atoms with E-state index in [4.69, 9.17) is 9.94 Å². The summed E-state index contributed by atoms with van der Waals surface area (Å²) in [6.07, 6.45) is -0.0732. The number of esters is 1. The number of carbonyl (C=O) groups is 3. The van der Waals surface area contributed by atoms with E-state index in [-0.39, 0.29) is 12.0 Å². The van der Waals surface area contributed by atoms with Gasteiger partial charge in [0, 0.05) is 12.0 Å². The fourth-order valence-corrected chi connectivity index (χ4v) is 3.56. The van der Waals surface area contributed by atoms with Crippen LogP contribution in [0.1, 0.15) is 52.6 Å². The number of hydroxylamine groups is 1. The molecule has 0 aliphatic carbocycles. The molecule has 1 unspecified atom stereocenters. The first-order chi connectivity index (χ1) is 17.0. The summed E-state index contributed by atoms with van der Waals surface area (Å²) in [7, 11) is 0. The van der Waals surface area contributed by atoms with Crippen LogP contribution in [0.5, 0.6) is 0 Å². The third-order valence-electron chi connectivity index (χ3n) is 5.33. The van der Waals surface area contributed by atoms with E-state index >= 15 is 0 Å². The molecule has 3 rings (SSSR count). The highest BCUT2D eigenvalue weighted by atomic mass is 19.1. The molecule has 8 heteroatoms. The lowest BCUT2D eigenvalue weighted by atomic mass is 10.0. The van der Waals surface area contributed by atoms with Gasteiger partial charge in [0.15, 0.2) is 0 Å². The minimum absolute atomic E-state index is 0.0732. The van der Waals surface area contributed by atoms with Gasteiger partial charge in [-0.05, 0) is 68.7 Å². The van der Waals surface area contributed by atoms with Gasteiger partial charge in [-0.2, -0.15) is 0 Å². The Balaban J connectivity index is 1.85. The van der Waals surface area contributed by atoms with Gasteiger partial charge in [0.1, 0.15) is 17.5 Å². The van der Waals surface area contributed by atoms with Gasteiger partial charge in [-0.3, -0.25) is 14.8 Å². The Kier molecular flexibility index (Phi) is 8.22. The molecule has 0 aromatic heterocycles. The molecule has 0 saturated heterocycles. The van der Waals surface area contributed by atoms with Crippen molar-refractivity contribution in [3.05, 3.63) is 94.8 Å². The van der Waals surface area contributed by atoms with Crippen molar-refractivity contribution in [3.63, 3.8) is 0 Å². The number of amides is 2. The number of hydrogen-bond acceptors (Lipinski definition) is 5. The minimum Gasteiger partial charge on any atom is -0.458 e. The zero-order chi connectivity index (χ0) is 26.5. The molecule has 3 aromatic rings. The summed E-state index contributed by atoms with van der Waals surface area (Å²) in [6.45, 7) is 7.11. The highest BCUT2D eigenvalue weighted by molar-refractivity contribution is 5.98. The van der Waals surface area contributed by atoms with Crippen molar-refractivity contribution in [1.82, 2.24) is 10.8 Å². The molecule has 36 heavy (non-hydrogen) atoms. The average Bonchev–Trinajstić information content (AvgIpc) is 2.82. The highest BCUT2D eigenvalue weighted by Gasteiger charge is 2.28. The molecule has 2 amide bonds. The van der Waals surface area contributed by atoms with Crippen molar-refractivity contribution in [1.29, 1.82) is 0 Å². The Morgan fingerprint density at radius 2 is 1.64 bits per heavy atom. The summed E-state index contributed by atoms with van der Waals surface area (Å²) >= 11 is 0. The second-order valence-corrected chi connectivity index (χ2v) is 9.47. The summed E-state index contributed by atoms with van der Waals surface area (Å²) < 4.78 is 19.9. The van der Waals surface area contributed by atoms with E-state index in [1.807, 2.05) is 37.3 Å². The lowest BCUT2D eigenvalue weighted by Crippen LogP contribution is -2.45. The summed E-state index contributed by atoms with van der Waals surface area (Å²) in [5, 5.41) is 11.4. The van der Waals surface area contributed by atoms with Crippen LogP contribution in [0.15, 0.2) is 66.7 Å². The van der Waals surface area contributed by atoms with Gasteiger partial charge in [0.25, 0.3) is 11.8 Å². The summed E-state index contributed by atoms with van der Waals surface area (Å²) in [6, 6.07) is 17.5. The maximum Gasteiger partial charge on any atom is 0.329 e. The average molecular weight is 493 g/mol. The summed E-state index contributed by atoms with van der Waals surface area (Å²) in [5.74, 6) is -3.04. The highest BCUT2D eigenvalue weighted by Crippen LogP contribution is 2.21. The van der Waals surface area contributed by atoms with E-state index in [1.165, 1.54) is 17.6 Å².